The Kier molecular flexibility index (Phi) is 6.43. The first-order valence-electron chi connectivity index (χ1n) is 10.5. The summed E-state index contributed by atoms with van der Waals surface area (Å²) in [6, 6.07) is 0. The van der Waals surface area contributed by atoms with Gasteiger partial charge in [0.25, 0.3) is 0 Å². The molecule has 0 aliphatic heterocycles. The number of allylic oxidation sites excluding steroid dienone is 1. The molecule has 1 heteroatoms. The molecule has 3 saturated carbocycles. The molecule has 3 rings (SSSR count). The summed E-state index contributed by atoms with van der Waals surface area (Å²) >= 11 is 0. The van der Waals surface area contributed by atoms with Gasteiger partial charge in [0.2, 0.25) is 0 Å². The van der Waals surface area contributed by atoms with Gasteiger partial charge >= 0.3 is 139 Å². The quantitative estimate of drug-likeness (QED) is 0.380. The van der Waals surface area contributed by atoms with Crippen LogP contribution in [0.1, 0.15) is 96.3 Å². The van der Waals surface area contributed by atoms with Gasteiger partial charge < -0.3 is 0 Å². The van der Waals surface area contributed by atoms with E-state index in [0.717, 1.165) is 17.0 Å². The van der Waals surface area contributed by atoms with E-state index in [4.69, 9.17) is 0 Å². The summed E-state index contributed by atoms with van der Waals surface area (Å²) in [4.78, 5) is 0. The van der Waals surface area contributed by atoms with Crippen LogP contribution in [0.15, 0.2) is 12.7 Å². The van der Waals surface area contributed by atoms with Gasteiger partial charge in [-0.05, 0) is 0 Å². The second-order valence-corrected chi connectivity index (χ2v) is 13.7. The van der Waals surface area contributed by atoms with Crippen molar-refractivity contribution in [3.63, 3.8) is 0 Å². The average molecular weight is 323 g/mol. The van der Waals surface area contributed by atoms with Crippen LogP contribution in [0.5, 0.6) is 0 Å². The van der Waals surface area contributed by atoms with E-state index in [0.29, 0.717) is 0 Å². The molecule has 0 amide bonds. The molecule has 0 saturated heterocycles. The van der Waals surface area contributed by atoms with Gasteiger partial charge in [-0.15, -0.1) is 0 Å². The molecular weight excluding hydrogens is 283 g/mol. The topological polar surface area (TPSA) is 0 Å². The molecule has 0 unspecified atom stereocenters. The molecule has 22 heavy (non-hydrogen) atoms. The predicted molar refractivity (Wildman–Crippen MR) is 104 cm³/mol. The molecule has 0 heterocycles. The Morgan fingerprint density at radius 3 is 1.18 bits per heavy atom. The van der Waals surface area contributed by atoms with Crippen LogP contribution in [0.25, 0.3) is 0 Å². The Morgan fingerprint density at radius 1 is 0.591 bits per heavy atom. The van der Waals surface area contributed by atoms with Crippen LogP contribution >= 0.6 is 7.26 Å². The van der Waals surface area contributed by atoms with Crippen LogP contribution in [-0.4, -0.2) is 23.1 Å². The Bertz CT molecular complexity index is 284. The van der Waals surface area contributed by atoms with Crippen LogP contribution in [0.2, 0.25) is 0 Å². The fourth-order valence-corrected chi connectivity index (χ4v) is 14.6. The first kappa shape index (κ1) is 17.0. The van der Waals surface area contributed by atoms with E-state index in [2.05, 4.69) is 12.7 Å². The van der Waals surface area contributed by atoms with Gasteiger partial charge in [-0.3, -0.25) is 0 Å². The van der Waals surface area contributed by atoms with Crippen molar-refractivity contribution in [2.24, 2.45) is 0 Å². The second-order valence-electron chi connectivity index (χ2n) is 8.61. The Morgan fingerprint density at radius 2 is 0.909 bits per heavy atom. The SMILES string of the molecule is C=CC[PH](C1CCCCC1)(C1CCCCC1)C1CCCCC1. The molecule has 3 fully saturated rings. The number of hydrogen-bond donors (Lipinski definition) is 0. The molecule has 0 spiro atoms. The van der Waals surface area contributed by atoms with Crippen molar-refractivity contribution in [2.75, 3.05) is 6.16 Å². The third-order valence-corrected chi connectivity index (χ3v) is 14.9. The zero-order chi connectivity index (χ0) is 15.3. The maximum absolute atomic E-state index is 4.26. The van der Waals surface area contributed by atoms with Gasteiger partial charge in [-0.25, -0.2) is 0 Å². The maximum atomic E-state index is 4.26. The summed E-state index contributed by atoms with van der Waals surface area (Å²) in [5.41, 5.74) is 3.47. The molecule has 0 bridgehead atoms. The number of hydrogen-bond acceptors (Lipinski definition) is 0. The molecule has 0 aromatic heterocycles. The fraction of sp³-hybridized carbons (Fsp3) is 0.905. The third-order valence-electron chi connectivity index (χ3n) is 7.59. The zero-order valence-corrected chi connectivity index (χ0v) is 15.8. The van der Waals surface area contributed by atoms with Gasteiger partial charge in [0.1, 0.15) is 0 Å². The minimum atomic E-state index is -1.21. The zero-order valence-electron chi connectivity index (χ0n) is 14.8. The monoisotopic (exact) mass is 322 g/mol. The Balaban J connectivity index is 1.89. The van der Waals surface area contributed by atoms with Crippen molar-refractivity contribution in [2.45, 2.75) is 113 Å². The van der Waals surface area contributed by atoms with E-state index in [1.165, 1.54) is 63.9 Å². The standard InChI is InChI=1S/C21H39P/c1-2-18-22(19-12-6-3-7-13-19,20-14-8-4-9-15-20)21-16-10-5-11-17-21/h2,19-22H,1,3-18H2. The summed E-state index contributed by atoms with van der Waals surface area (Å²) < 4.78 is 0. The molecular formula is C21H39P. The predicted octanol–water partition coefficient (Wildman–Crippen LogP) is 6.92. The summed E-state index contributed by atoms with van der Waals surface area (Å²) in [6.45, 7) is 4.26. The second kappa shape index (κ2) is 8.32. The summed E-state index contributed by atoms with van der Waals surface area (Å²) in [6.07, 6.45) is 27.2. The molecule has 0 atom stereocenters. The summed E-state index contributed by atoms with van der Waals surface area (Å²) in [5, 5.41) is 0. The van der Waals surface area contributed by atoms with Crippen LogP contribution in [-0.2, 0) is 0 Å². The normalized spacial score (nSPS) is 27.6. The van der Waals surface area contributed by atoms with E-state index in [1.54, 1.807) is 38.5 Å². The van der Waals surface area contributed by atoms with Crippen molar-refractivity contribution in [3.8, 4) is 0 Å². The van der Waals surface area contributed by atoms with Crippen LogP contribution < -0.4 is 0 Å². The molecule has 0 N–H and O–H groups in total. The van der Waals surface area contributed by atoms with E-state index in [-0.39, 0.29) is 0 Å². The average Bonchev–Trinajstić information content (AvgIpc) is 2.62. The number of rotatable bonds is 5. The van der Waals surface area contributed by atoms with Crippen molar-refractivity contribution >= 4 is 7.26 Å². The van der Waals surface area contributed by atoms with E-state index >= 15 is 0 Å². The Hall–Kier alpha value is 0.170. The molecule has 3 aliphatic rings. The summed E-state index contributed by atoms with van der Waals surface area (Å²) in [7, 11) is -1.21. The molecule has 0 nitrogen and oxygen atoms in total. The van der Waals surface area contributed by atoms with Crippen molar-refractivity contribution in [3.05, 3.63) is 12.7 Å². The third kappa shape index (κ3) is 3.48. The van der Waals surface area contributed by atoms with Crippen molar-refractivity contribution in [1.82, 2.24) is 0 Å². The first-order chi connectivity index (χ1) is 10.9. The first-order valence-corrected chi connectivity index (χ1v) is 12.9. The van der Waals surface area contributed by atoms with Crippen molar-refractivity contribution < 1.29 is 0 Å². The fourth-order valence-electron chi connectivity index (χ4n) is 6.67. The molecule has 0 aromatic carbocycles. The summed E-state index contributed by atoms with van der Waals surface area (Å²) in [5.74, 6) is 0. The van der Waals surface area contributed by atoms with E-state index in [1.807, 2.05) is 0 Å². The van der Waals surface area contributed by atoms with Gasteiger partial charge in [-0.2, -0.15) is 0 Å². The van der Waals surface area contributed by atoms with Gasteiger partial charge in [-0.1, -0.05) is 0 Å². The molecule has 3 aliphatic carbocycles. The Labute approximate surface area is 139 Å². The molecule has 0 radical (unpaired) electrons. The van der Waals surface area contributed by atoms with Gasteiger partial charge in [0.05, 0.1) is 0 Å². The van der Waals surface area contributed by atoms with E-state index < -0.39 is 7.26 Å². The van der Waals surface area contributed by atoms with Crippen LogP contribution in [0.4, 0.5) is 0 Å². The van der Waals surface area contributed by atoms with Gasteiger partial charge in [0, 0.05) is 0 Å². The minimum absolute atomic E-state index is 1.16. The molecule has 0 aromatic rings. The van der Waals surface area contributed by atoms with E-state index in [9.17, 15) is 0 Å². The van der Waals surface area contributed by atoms with Crippen LogP contribution in [0.3, 0.4) is 0 Å². The van der Waals surface area contributed by atoms with Crippen molar-refractivity contribution in [1.29, 1.82) is 0 Å². The molecule has 128 valence electrons. The van der Waals surface area contributed by atoms with Crippen LogP contribution in [0, 0.1) is 0 Å². The van der Waals surface area contributed by atoms with Gasteiger partial charge in [0.15, 0.2) is 0 Å².